The van der Waals surface area contributed by atoms with Crippen LogP contribution < -0.4 is 11.1 Å². The number of anilines is 2. The predicted molar refractivity (Wildman–Crippen MR) is 67.8 cm³/mol. The number of rotatable bonds is 3. The highest BCUT2D eigenvalue weighted by Crippen LogP contribution is 2.14. The number of halogens is 1. The Morgan fingerprint density at radius 2 is 2.24 bits per heavy atom. The van der Waals surface area contributed by atoms with E-state index < -0.39 is 0 Å². The molecule has 0 atom stereocenters. The number of nitrogen functional groups attached to an aromatic ring is 1. The summed E-state index contributed by atoms with van der Waals surface area (Å²) >= 11 is 5.78. The molecule has 6 heteroatoms. The number of nitrogens with two attached hydrogens (primary N) is 1. The molecule has 0 fully saturated rings. The molecule has 0 aliphatic heterocycles. The van der Waals surface area contributed by atoms with Crippen molar-refractivity contribution in [1.82, 2.24) is 15.0 Å². The van der Waals surface area contributed by atoms with Gasteiger partial charge in [-0.2, -0.15) is 4.98 Å². The molecule has 2 aromatic rings. The Labute approximate surface area is 104 Å². The van der Waals surface area contributed by atoms with Crippen LogP contribution in [0, 0.1) is 6.92 Å². The average molecular weight is 250 g/mol. The monoisotopic (exact) mass is 249 g/mol. The Hall–Kier alpha value is -1.88. The molecule has 17 heavy (non-hydrogen) atoms. The van der Waals surface area contributed by atoms with Gasteiger partial charge in [-0.1, -0.05) is 11.6 Å². The molecule has 0 aromatic carbocycles. The number of hydrogen-bond donors (Lipinski definition) is 2. The Kier molecular flexibility index (Phi) is 3.39. The van der Waals surface area contributed by atoms with E-state index in [0.29, 0.717) is 17.5 Å². The van der Waals surface area contributed by atoms with Crippen LogP contribution in [0.3, 0.4) is 0 Å². The van der Waals surface area contributed by atoms with Crippen LogP contribution in [-0.2, 0) is 6.54 Å². The van der Waals surface area contributed by atoms with Gasteiger partial charge in [-0.15, -0.1) is 0 Å². The van der Waals surface area contributed by atoms with E-state index in [4.69, 9.17) is 17.3 Å². The fourth-order valence-electron chi connectivity index (χ4n) is 1.41. The molecular formula is C11H12ClN5. The van der Waals surface area contributed by atoms with Crippen LogP contribution in [0.4, 0.5) is 11.8 Å². The van der Waals surface area contributed by atoms with E-state index in [1.54, 1.807) is 12.3 Å². The molecule has 0 unspecified atom stereocenters. The molecule has 0 aliphatic carbocycles. The van der Waals surface area contributed by atoms with Crippen LogP contribution in [0.5, 0.6) is 0 Å². The van der Waals surface area contributed by atoms with E-state index in [1.165, 1.54) is 0 Å². The van der Waals surface area contributed by atoms with Gasteiger partial charge >= 0.3 is 0 Å². The summed E-state index contributed by atoms with van der Waals surface area (Å²) in [5.41, 5.74) is 7.77. The molecule has 0 spiro atoms. The standard InChI is InChI=1S/C11H12ClN5/c1-7-5-14-3-2-8(7)6-15-10-4-9(12)16-11(13)17-10/h2-5H,6H2,1H3,(H3,13,15,16,17). The first-order valence-electron chi connectivity index (χ1n) is 5.08. The summed E-state index contributed by atoms with van der Waals surface area (Å²) in [5, 5.41) is 3.47. The molecule has 5 nitrogen and oxygen atoms in total. The van der Waals surface area contributed by atoms with Crippen LogP contribution in [0.1, 0.15) is 11.1 Å². The zero-order chi connectivity index (χ0) is 12.3. The van der Waals surface area contributed by atoms with E-state index in [-0.39, 0.29) is 5.95 Å². The Morgan fingerprint density at radius 1 is 1.41 bits per heavy atom. The second-order valence-electron chi connectivity index (χ2n) is 3.59. The molecule has 2 heterocycles. The topological polar surface area (TPSA) is 76.7 Å². The number of pyridine rings is 1. The van der Waals surface area contributed by atoms with Gasteiger partial charge < -0.3 is 11.1 Å². The van der Waals surface area contributed by atoms with Gasteiger partial charge in [0.2, 0.25) is 5.95 Å². The Bertz CT molecular complexity index is 509. The highest BCUT2D eigenvalue weighted by molar-refractivity contribution is 6.29. The van der Waals surface area contributed by atoms with E-state index in [9.17, 15) is 0 Å². The third kappa shape index (κ3) is 3.04. The molecular weight excluding hydrogens is 238 g/mol. The molecule has 0 radical (unpaired) electrons. The van der Waals surface area contributed by atoms with Crippen molar-refractivity contribution in [2.24, 2.45) is 0 Å². The molecule has 0 aliphatic rings. The Morgan fingerprint density at radius 3 is 2.94 bits per heavy atom. The minimum atomic E-state index is 0.159. The minimum Gasteiger partial charge on any atom is -0.368 e. The fourth-order valence-corrected chi connectivity index (χ4v) is 1.60. The highest BCUT2D eigenvalue weighted by atomic mass is 35.5. The minimum absolute atomic E-state index is 0.159. The molecule has 2 aromatic heterocycles. The maximum atomic E-state index is 5.78. The molecule has 2 rings (SSSR count). The van der Waals surface area contributed by atoms with Crippen molar-refractivity contribution < 1.29 is 0 Å². The van der Waals surface area contributed by atoms with Crippen LogP contribution in [-0.4, -0.2) is 15.0 Å². The van der Waals surface area contributed by atoms with Crippen LogP contribution in [0.25, 0.3) is 0 Å². The van der Waals surface area contributed by atoms with Gasteiger partial charge in [0.1, 0.15) is 11.0 Å². The number of nitrogens with one attached hydrogen (secondary N) is 1. The van der Waals surface area contributed by atoms with Crippen molar-refractivity contribution >= 4 is 23.4 Å². The molecule has 88 valence electrons. The number of aryl methyl sites for hydroxylation is 1. The van der Waals surface area contributed by atoms with Crippen molar-refractivity contribution in [3.05, 3.63) is 40.8 Å². The maximum absolute atomic E-state index is 5.78. The zero-order valence-electron chi connectivity index (χ0n) is 9.31. The first kappa shape index (κ1) is 11.6. The van der Waals surface area contributed by atoms with Crippen molar-refractivity contribution in [3.8, 4) is 0 Å². The zero-order valence-corrected chi connectivity index (χ0v) is 10.1. The second kappa shape index (κ2) is 4.97. The summed E-state index contributed by atoms with van der Waals surface area (Å²) in [6.45, 7) is 2.65. The van der Waals surface area contributed by atoms with E-state index >= 15 is 0 Å². The summed E-state index contributed by atoms with van der Waals surface area (Å²) in [6, 6.07) is 3.59. The van der Waals surface area contributed by atoms with E-state index in [0.717, 1.165) is 11.1 Å². The van der Waals surface area contributed by atoms with Gasteiger partial charge in [0.15, 0.2) is 0 Å². The molecule has 0 bridgehead atoms. The summed E-state index contributed by atoms with van der Waals surface area (Å²) in [6.07, 6.45) is 3.57. The lowest BCUT2D eigenvalue weighted by molar-refractivity contribution is 1.06. The molecule has 0 amide bonds. The SMILES string of the molecule is Cc1cnccc1CNc1cc(Cl)nc(N)n1. The molecule has 0 saturated carbocycles. The van der Waals surface area contributed by atoms with Gasteiger partial charge in [-0.25, -0.2) is 4.98 Å². The molecule has 3 N–H and O–H groups in total. The Balaban J connectivity index is 2.10. The van der Waals surface area contributed by atoms with Crippen LogP contribution in [0.15, 0.2) is 24.5 Å². The predicted octanol–water partition coefficient (Wildman–Crippen LogP) is 2.03. The van der Waals surface area contributed by atoms with Gasteiger partial charge in [-0.3, -0.25) is 4.98 Å². The lowest BCUT2D eigenvalue weighted by Gasteiger charge is -2.08. The number of aromatic nitrogens is 3. The van der Waals surface area contributed by atoms with Gasteiger partial charge in [0.05, 0.1) is 0 Å². The molecule has 0 saturated heterocycles. The summed E-state index contributed by atoms with van der Waals surface area (Å²) in [7, 11) is 0. The van der Waals surface area contributed by atoms with Crippen molar-refractivity contribution in [3.63, 3.8) is 0 Å². The van der Waals surface area contributed by atoms with E-state index in [1.807, 2.05) is 19.2 Å². The van der Waals surface area contributed by atoms with Crippen LogP contribution >= 0.6 is 11.6 Å². The average Bonchev–Trinajstić information content (AvgIpc) is 2.27. The van der Waals surface area contributed by atoms with Gasteiger partial charge in [0.25, 0.3) is 0 Å². The lowest BCUT2D eigenvalue weighted by atomic mass is 10.1. The smallest absolute Gasteiger partial charge is 0.223 e. The van der Waals surface area contributed by atoms with Crippen molar-refractivity contribution in [2.75, 3.05) is 11.1 Å². The number of nitrogens with zero attached hydrogens (tertiary/aromatic N) is 3. The quantitative estimate of drug-likeness (QED) is 0.814. The summed E-state index contributed by atoms with van der Waals surface area (Å²) < 4.78 is 0. The third-order valence-electron chi connectivity index (χ3n) is 2.31. The summed E-state index contributed by atoms with van der Waals surface area (Å²) in [5.74, 6) is 0.769. The second-order valence-corrected chi connectivity index (χ2v) is 3.98. The maximum Gasteiger partial charge on any atom is 0.223 e. The lowest BCUT2D eigenvalue weighted by Crippen LogP contribution is -2.05. The first-order chi connectivity index (χ1) is 8.15. The van der Waals surface area contributed by atoms with Crippen molar-refractivity contribution in [2.45, 2.75) is 13.5 Å². The first-order valence-corrected chi connectivity index (χ1v) is 5.46. The largest absolute Gasteiger partial charge is 0.368 e. The summed E-state index contributed by atoms with van der Waals surface area (Å²) in [4.78, 5) is 11.9. The van der Waals surface area contributed by atoms with Crippen LogP contribution in [0.2, 0.25) is 5.15 Å². The van der Waals surface area contributed by atoms with E-state index in [2.05, 4.69) is 20.3 Å². The third-order valence-corrected chi connectivity index (χ3v) is 2.50. The fraction of sp³-hybridized carbons (Fsp3) is 0.182. The van der Waals surface area contributed by atoms with Gasteiger partial charge in [0, 0.05) is 25.0 Å². The number of hydrogen-bond acceptors (Lipinski definition) is 5. The highest BCUT2D eigenvalue weighted by Gasteiger charge is 2.01. The van der Waals surface area contributed by atoms with Crippen molar-refractivity contribution in [1.29, 1.82) is 0 Å². The normalized spacial score (nSPS) is 10.2. The van der Waals surface area contributed by atoms with Gasteiger partial charge in [-0.05, 0) is 24.1 Å².